The molecule has 0 radical (unpaired) electrons. The summed E-state index contributed by atoms with van der Waals surface area (Å²) < 4.78 is 46.1. The number of halogens is 3. The molecule has 0 aromatic heterocycles. The van der Waals surface area contributed by atoms with Crippen molar-refractivity contribution >= 4 is 50.5 Å². The number of hydrogen-bond donors (Lipinski definition) is 2. The molecule has 0 aliphatic rings. The minimum atomic E-state index is -4.01. The highest BCUT2D eigenvalue weighted by Crippen LogP contribution is 2.30. The fourth-order valence-corrected chi connectivity index (χ4v) is 4.67. The first kappa shape index (κ1) is 21.9. The van der Waals surface area contributed by atoms with Crippen LogP contribution in [-0.4, -0.2) is 20.9 Å². The molecule has 0 atom stereocenters. The third kappa shape index (κ3) is 5.41. The lowest BCUT2D eigenvalue weighted by atomic mass is 10.3. The Morgan fingerprint density at radius 1 is 0.900 bits per heavy atom. The standard InChI is InChI=1S/C20H15Cl2FN2O4S/c21-15-4-3-5-16(22)20(15)30(27,28)25-14-10-8-13(9-11-14)24-19(26)12-29-18-7-2-1-6-17(18)23/h1-11,25H,12H2,(H,24,26). The Balaban J connectivity index is 1.62. The molecule has 0 heterocycles. The molecule has 3 aromatic rings. The fourth-order valence-electron chi connectivity index (χ4n) is 2.47. The minimum absolute atomic E-state index is 0.00580. The number of nitrogens with one attached hydrogen (secondary N) is 2. The van der Waals surface area contributed by atoms with E-state index in [0.29, 0.717) is 5.69 Å². The zero-order valence-electron chi connectivity index (χ0n) is 15.2. The summed E-state index contributed by atoms with van der Waals surface area (Å²) in [5.74, 6) is -1.11. The van der Waals surface area contributed by atoms with Crippen LogP contribution in [0.4, 0.5) is 15.8 Å². The molecule has 6 nitrogen and oxygen atoms in total. The van der Waals surface area contributed by atoms with Gasteiger partial charge < -0.3 is 10.1 Å². The quantitative estimate of drug-likeness (QED) is 0.513. The molecule has 0 aliphatic heterocycles. The lowest BCUT2D eigenvalue weighted by Gasteiger charge is -2.12. The molecule has 2 N–H and O–H groups in total. The van der Waals surface area contributed by atoms with E-state index < -0.39 is 21.7 Å². The number of ether oxygens (including phenoxy) is 1. The molecule has 0 aliphatic carbocycles. The Morgan fingerprint density at radius 3 is 2.13 bits per heavy atom. The topological polar surface area (TPSA) is 84.5 Å². The Kier molecular flexibility index (Phi) is 6.81. The van der Waals surface area contributed by atoms with Crippen LogP contribution in [0.2, 0.25) is 10.0 Å². The molecule has 3 rings (SSSR count). The highest BCUT2D eigenvalue weighted by atomic mass is 35.5. The van der Waals surface area contributed by atoms with Crippen molar-refractivity contribution in [2.75, 3.05) is 16.6 Å². The molecule has 0 saturated heterocycles. The summed E-state index contributed by atoms with van der Waals surface area (Å²) in [4.78, 5) is 11.7. The van der Waals surface area contributed by atoms with Crippen molar-refractivity contribution in [3.8, 4) is 5.75 Å². The third-order valence-electron chi connectivity index (χ3n) is 3.80. The highest BCUT2D eigenvalue weighted by Gasteiger charge is 2.21. The van der Waals surface area contributed by atoms with E-state index in [1.807, 2.05) is 0 Å². The zero-order chi connectivity index (χ0) is 21.7. The molecule has 0 spiro atoms. The van der Waals surface area contributed by atoms with E-state index in [1.54, 1.807) is 6.07 Å². The maximum atomic E-state index is 13.5. The van der Waals surface area contributed by atoms with Crippen LogP contribution in [0.1, 0.15) is 0 Å². The number of benzene rings is 3. The Morgan fingerprint density at radius 2 is 1.50 bits per heavy atom. The van der Waals surface area contributed by atoms with Gasteiger partial charge in [0.05, 0.1) is 10.0 Å². The molecule has 156 valence electrons. The molecule has 0 unspecified atom stereocenters. The van der Waals surface area contributed by atoms with E-state index in [2.05, 4.69) is 10.0 Å². The van der Waals surface area contributed by atoms with Crippen LogP contribution in [-0.2, 0) is 14.8 Å². The summed E-state index contributed by atoms with van der Waals surface area (Å²) in [7, 11) is -4.01. The van der Waals surface area contributed by atoms with Gasteiger partial charge in [0.25, 0.3) is 15.9 Å². The maximum Gasteiger partial charge on any atom is 0.264 e. The summed E-state index contributed by atoms with van der Waals surface area (Å²) in [6, 6.07) is 16.0. The monoisotopic (exact) mass is 468 g/mol. The van der Waals surface area contributed by atoms with Crippen molar-refractivity contribution in [1.82, 2.24) is 0 Å². The van der Waals surface area contributed by atoms with Gasteiger partial charge in [0.15, 0.2) is 18.2 Å². The van der Waals surface area contributed by atoms with Crippen molar-refractivity contribution in [3.63, 3.8) is 0 Å². The summed E-state index contributed by atoms with van der Waals surface area (Å²) in [6.45, 7) is -0.389. The first-order chi connectivity index (χ1) is 14.3. The fraction of sp³-hybridized carbons (Fsp3) is 0.0500. The van der Waals surface area contributed by atoms with Crippen molar-refractivity contribution in [1.29, 1.82) is 0 Å². The average Bonchev–Trinajstić information content (AvgIpc) is 2.68. The van der Waals surface area contributed by atoms with Crippen molar-refractivity contribution in [2.24, 2.45) is 0 Å². The minimum Gasteiger partial charge on any atom is -0.481 e. The van der Waals surface area contributed by atoms with Gasteiger partial charge in [-0.2, -0.15) is 0 Å². The second-order valence-electron chi connectivity index (χ2n) is 6.00. The van der Waals surface area contributed by atoms with Gasteiger partial charge in [0.2, 0.25) is 0 Å². The van der Waals surface area contributed by atoms with Crippen LogP contribution >= 0.6 is 23.2 Å². The van der Waals surface area contributed by atoms with Crippen LogP contribution in [0.3, 0.4) is 0 Å². The summed E-state index contributed by atoms with van der Waals surface area (Å²) in [5.41, 5.74) is 0.641. The highest BCUT2D eigenvalue weighted by molar-refractivity contribution is 7.93. The van der Waals surface area contributed by atoms with Crippen LogP contribution in [0.25, 0.3) is 0 Å². The third-order valence-corrected chi connectivity index (χ3v) is 6.14. The van der Waals surface area contributed by atoms with Gasteiger partial charge in [0, 0.05) is 11.4 Å². The molecule has 0 saturated carbocycles. The maximum absolute atomic E-state index is 13.5. The lowest BCUT2D eigenvalue weighted by Crippen LogP contribution is -2.20. The number of sulfonamides is 1. The largest absolute Gasteiger partial charge is 0.481 e. The predicted molar refractivity (Wildman–Crippen MR) is 114 cm³/mol. The Labute approximate surface area is 182 Å². The summed E-state index contributed by atoms with van der Waals surface area (Å²) >= 11 is 11.9. The van der Waals surface area contributed by atoms with Crippen molar-refractivity contribution in [2.45, 2.75) is 4.90 Å². The number of rotatable bonds is 7. The van der Waals surface area contributed by atoms with Gasteiger partial charge in [-0.25, -0.2) is 12.8 Å². The van der Waals surface area contributed by atoms with Gasteiger partial charge in [0.1, 0.15) is 4.90 Å². The van der Waals surface area contributed by atoms with Crippen LogP contribution in [0.15, 0.2) is 71.6 Å². The van der Waals surface area contributed by atoms with Gasteiger partial charge >= 0.3 is 0 Å². The molecule has 0 bridgehead atoms. The number of carbonyl (C=O) groups is 1. The second-order valence-corrected chi connectivity index (χ2v) is 8.43. The van der Waals surface area contributed by atoms with Crippen LogP contribution in [0, 0.1) is 5.82 Å². The van der Waals surface area contributed by atoms with E-state index >= 15 is 0 Å². The van der Waals surface area contributed by atoms with Crippen LogP contribution in [0.5, 0.6) is 5.75 Å². The van der Waals surface area contributed by atoms with E-state index in [-0.39, 0.29) is 33.0 Å². The van der Waals surface area contributed by atoms with Gasteiger partial charge in [-0.15, -0.1) is 0 Å². The molecule has 1 amide bonds. The summed E-state index contributed by atoms with van der Waals surface area (Å²) in [5, 5.41) is 2.55. The smallest absolute Gasteiger partial charge is 0.264 e. The zero-order valence-corrected chi connectivity index (χ0v) is 17.6. The molecule has 30 heavy (non-hydrogen) atoms. The van der Waals surface area contributed by atoms with Gasteiger partial charge in [-0.3, -0.25) is 9.52 Å². The van der Waals surface area contributed by atoms with Crippen molar-refractivity contribution in [3.05, 3.63) is 82.6 Å². The molecular weight excluding hydrogens is 454 g/mol. The van der Waals surface area contributed by atoms with E-state index in [1.165, 1.54) is 60.7 Å². The molecular formula is C20H15Cl2FN2O4S. The number of carbonyl (C=O) groups excluding carboxylic acids is 1. The number of anilines is 2. The predicted octanol–water partition coefficient (Wildman–Crippen LogP) is 4.95. The van der Waals surface area contributed by atoms with E-state index in [4.69, 9.17) is 27.9 Å². The molecule has 3 aromatic carbocycles. The van der Waals surface area contributed by atoms with Crippen LogP contribution < -0.4 is 14.8 Å². The number of para-hydroxylation sites is 1. The number of amides is 1. The summed E-state index contributed by atoms with van der Waals surface area (Å²) in [6.07, 6.45) is 0. The molecule has 0 fully saturated rings. The Hall–Kier alpha value is -2.81. The first-order valence-corrected chi connectivity index (χ1v) is 10.7. The normalized spacial score (nSPS) is 11.0. The van der Waals surface area contributed by atoms with Gasteiger partial charge in [-0.1, -0.05) is 41.4 Å². The average molecular weight is 469 g/mol. The lowest BCUT2D eigenvalue weighted by molar-refractivity contribution is -0.118. The number of hydrogen-bond acceptors (Lipinski definition) is 4. The van der Waals surface area contributed by atoms with Gasteiger partial charge in [-0.05, 0) is 48.5 Å². The SMILES string of the molecule is O=C(COc1ccccc1F)Nc1ccc(NS(=O)(=O)c2c(Cl)cccc2Cl)cc1. The van der Waals surface area contributed by atoms with E-state index in [0.717, 1.165) is 0 Å². The molecule has 10 heteroatoms. The van der Waals surface area contributed by atoms with E-state index in [9.17, 15) is 17.6 Å². The second kappa shape index (κ2) is 9.34. The Bertz CT molecular complexity index is 1150. The van der Waals surface area contributed by atoms with Crippen molar-refractivity contribution < 1.29 is 22.3 Å². The first-order valence-electron chi connectivity index (χ1n) is 8.50.